The van der Waals surface area contributed by atoms with E-state index >= 15 is 0 Å². The van der Waals surface area contributed by atoms with Gasteiger partial charge in [0.2, 0.25) is 5.91 Å². The fraction of sp³-hybridized carbons (Fsp3) is 0.148. The minimum atomic E-state index is -0.383. The maximum Gasteiger partial charge on any atom is 0.256 e. The number of carbonyl (C=O) groups excluding carboxylic acids is 2. The predicted molar refractivity (Wildman–Crippen MR) is 137 cm³/mol. The van der Waals surface area contributed by atoms with Crippen molar-refractivity contribution in [3.63, 3.8) is 0 Å². The van der Waals surface area contributed by atoms with Crippen LogP contribution in [0.4, 0.5) is 5.82 Å². The van der Waals surface area contributed by atoms with Crippen molar-refractivity contribution >= 4 is 34.7 Å². The van der Waals surface area contributed by atoms with E-state index in [4.69, 9.17) is 16.9 Å². The number of nitrogens with zero attached hydrogens (tertiary/aromatic N) is 5. The number of pyridine rings is 1. The molecule has 0 spiro atoms. The van der Waals surface area contributed by atoms with Crippen molar-refractivity contribution in [1.82, 2.24) is 19.3 Å². The van der Waals surface area contributed by atoms with E-state index in [1.807, 2.05) is 21.4 Å². The summed E-state index contributed by atoms with van der Waals surface area (Å²) in [5, 5.41) is 12.2. The second kappa shape index (κ2) is 9.64. The number of likely N-dealkylation sites (tertiary alicyclic amines) is 1. The van der Waals surface area contributed by atoms with E-state index in [9.17, 15) is 9.59 Å². The second-order valence-corrected chi connectivity index (χ2v) is 8.89. The maximum atomic E-state index is 12.8. The van der Waals surface area contributed by atoms with Gasteiger partial charge in [0, 0.05) is 42.5 Å². The second-order valence-electron chi connectivity index (χ2n) is 8.48. The fourth-order valence-electron chi connectivity index (χ4n) is 4.58. The number of rotatable bonds is 5. The minimum Gasteiger partial charge on any atom is -0.339 e. The Balaban J connectivity index is 1.45. The molecule has 0 aliphatic carbocycles. The van der Waals surface area contributed by atoms with Crippen LogP contribution in [0.3, 0.4) is 0 Å². The Morgan fingerprint density at radius 2 is 2.06 bits per heavy atom. The molecule has 1 saturated heterocycles. The van der Waals surface area contributed by atoms with E-state index in [1.54, 1.807) is 36.8 Å². The van der Waals surface area contributed by atoms with Crippen molar-refractivity contribution in [2.75, 3.05) is 18.4 Å². The minimum absolute atomic E-state index is 0.0608. The molecule has 1 N–H and O–H groups in total. The van der Waals surface area contributed by atoms with Crippen molar-refractivity contribution in [3.8, 4) is 17.3 Å². The first-order valence-corrected chi connectivity index (χ1v) is 11.7. The Hall–Kier alpha value is -4.48. The third kappa shape index (κ3) is 4.32. The summed E-state index contributed by atoms with van der Waals surface area (Å²) in [5.74, 6) is 0.0225. The summed E-state index contributed by atoms with van der Waals surface area (Å²) in [6.45, 7) is 4.90. The van der Waals surface area contributed by atoms with Gasteiger partial charge in [-0.2, -0.15) is 5.26 Å². The van der Waals surface area contributed by atoms with Crippen molar-refractivity contribution < 1.29 is 9.59 Å². The number of hydrogen-bond acceptors (Lipinski definition) is 5. The van der Waals surface area contributed by atoms with Gasteiger partial charge >= 0.3 is 0 Å². The number of anilines is 1. The maximum absolute atomic E-state index is 12.8. The first kappa shape index (κ1) is 23.3. The van der Waals surface area contributed by atoms with Gasteiger partial charge in [0.15, 0.2) is 0 Å². The normalized spacial score (nSPS) is 15.0. The molecule has 36 heavy (non-hydrogen) atoms. The quantitative estimate of drug-likeness (QED) is 0.404. The summed E-state index contributed by atoms with van der Waals surface area (Å²) in [5.41, 5.74) is 4.48. The molecule has 8 nitrogen and oxygen atoms in total. The summed E-state index contributed by atoms with van der Waals surface area (Å²) in [7, 11) is 0. The molecule has 1 unspecified atom stereocenters. The lowest BCUT2D eigenvalue weighted by Crippen LogP contribution is -2.26. The topological polar surface area (TPSA) is 103 Å². The van der Waals surface area contributed by atoms with Gasteiger partial charge in [0.1, 0.15) is 5.82 Å². The lowest BCUT2D eigenvalue weighted by Gasteiger charge is -2.13. The van der Waals surface area contributed by atoms with Gasteiger partial charge in [0.25, 0.3) is 5.91 Å². The zero-order valence-corrected chi connectivity index (χ0v) is 19.9. The number of fused-ring (bicyclic) bond motifs is 1. The van der Waals surface area contributed by atoms with E-state index in [0.717, 1.165) is 28.8 Å². The summed E-state index contributed by atoms with van der Waals surface area (Å²) in [6.07, 6.45) is 7.15. The van der Waals surface area contributed by atoms with E-state index < -0.39 is 0 Å². The SMILES string of the molecule is C=CC(=O)N1CCC(c2cc(-c3ccc(C(=O)Nc4cc(C#N)ccn4)cc3Cl)n3cnccc23)C1. The largest absolute Gasteiger partial charge is 0.339 e. The molecule has 0 saturated carbocycles. The molecule has 1 aliphatic heterocycles. The molecule has 2 amide bonds. The first-order chi connectivity index (χ1) is 17.5. The average Bonchev–Trinajstić information content (AvgIpc) is 3.54. The molecule has 1 aliphatic rings. The molecular formula is C27H21ClN6O2. The number of nitriles is 1. The predicted octanol–water partition coefficient (Wildman–Crippen LogP) is 4.68. The molecule has 9 heteroatoms. The number of nitrogens with one attached hydrogen (secondary N) is 1. The van der Waals surface area contributed by atoms with Gasteiger partial charge in [-0.25, -0.2) is 9.97 Å². The van der Waals surface area contributed by atoms with Crippen molar-refractivity contribution in [1.29, 1.82) is 5.26 Å². The molecule has 1 aromatic carbocycles. The molecular weight excluding hydrogens is 476 g/mol. The van der Waals surface area contributed by atoms with E-state index in [0.29, 0.717) is 29.2 Å². The molecule has 5 rings (SSSR count). The third-order valence-electron chi connectivity index (χ3n) is 6.36. The van der Waals surface area contributed by atoms with Crippen LogP contribution in [0.5, 0.6) is 0 Å². The standard InChI is InChI=1S/C27H21ClN6O2/c1-2-26(35)33-10-7-19(15-33)21-13-24(34-16-30-8-6-23(21)34)20-4-3-18(12-22(20)28)27(36)32-25-11-17(14-29)5-9-31-25/h2-6,8-9,11-13,16,19H,1,7,10,15H2,(H,31,32,36). The molecule has 1 fully saturated rings. The van der Waals surface area contributed by atoms with Crippen molar-refractivity contribution in [2.45, 2.75) is 12.3 Å². The highest BCUT2D eigenvalue weighted by molar-refractivity contribution is 6.33. The lowest BCUT2D eigenvalue weighted by atomic mass is 9.98. The third-order valence-corrected chi connectivity index (χ3v) is 6.67. The van der Waals surface area contributed by atoms with Crippen LogP contribution in [0.15, 0.2) is 73.8 Å². The number of carbonyl (C=O) groups is 2. The van der Waals surface area contributed by atoms with Crippen LogP contribution in [0.2, 0.25) is 5.02 Å². The van der Waals surface area contributed by atoms with E-state index in [-0.39, 0.29) is 23.6 Å². The van der Waals surface area contributed by atoms with Gasteiger partial charge in [-0.05, 0) is 54.5 Å². The van der Waals surface area contributed by atoms with Crippen LogP contribution < -0.4 is 5.32 Å². The van der Waals surface area contributed by atoms with Gasteiger partial charge in [-0.1, -0.05) is 24.2 Å². The van der Waals surface area contributed by atoms with Crippen LogP contribution in [-0.4, -0.2) is 44.2 Å². The lowest BCUT2D eigenvalue weighted by molar-refractivity contribution is -0.125. The highest BCUT2D eigenvalue weighted by atomic mass is 35.5. The van der Waals surface area contributed by atoms with Crippen molar-refractivity contribution in [2.24, 2.45) is 0 Å². The van der Waals surface area contributed by atoms with Gasteiger partial charge < -0.3 is 14.6 Å². The van der Waals surface area contributed by atoms with Gasteiger partial charge in [0.05, 0.1) is 34.2 Å². The number of halogens is 1. The molecule has 3 aromatic heterocycles. The zero-order chi connectivity index (χ0) is 25.2. The van der Waals surface area contributed by atoms with E-state index in [1.165, 1.54) is 18.3 Å². The van der Waals surface area contributed by atoms with Gasteiger partial charge in [-0.15, -0.1) is 0 Å². The van der Waals surface area contributed by atoms with Crippen LogP contribution in [-0.2, 0) is 4.79 Å². The van der Waals surface area contributed by atoms with Crippen LogP contribution in [0, 0.1) is 11.3 Å². The first-order valence-electron chi connectivity index (χ1n) is 11.3. The Kier molecular flexibility index (Phi) is 6.23. The number of benzene rings is 1. The highest BCUT2D eigenvalue weighted by Crippen LogP contribution is 2.37. The Labute approximate surface area is 212 Å². The summed E-state index contributed by atoms with van der Waals surface area (Å²) >= 11 is 6.68. The molecule has 0 radical (unpaired) electrons. The van der Waals surface area contributed by atoms with Crippen LogP contribution in [0.25, 0.3) is 16.8 Å². The average molecular weight is 497 g/mol. The fourth-order valence-corrected chi connectivity index (χ4v) is 4.86. The summed E-state index contributed by atoms with van der Waals surface area (Å²) in [6, 6.07) is 14.2. The molecule has 1 atom stereocenters. The smallest absolute Gasteiger partial charge is 0.256 e. The Morgan fingerprint density at radius 3 is 2.83 bits per heavy atom. The Morgan fingerprint density at radius 1 is 1.19 bits per heavy atom. The van der Waals surface area contributed by atoms with Gasteiger partial charge in [-0.3, -0.25) is 9.59 Å². The van der Waals surface area contributed by atoms with Crippen LogP contribution in [0.1, 0.15) is 33.8 Å². The number of aromatic nitrogens is 3. The zero-order valence-electron chi connectivity index (χ0n) is 19.2. The molecule has 178 valence electrons. The summed E-state index contributed by atoms with van der Waals surface area (Å²) < 4.78 is 1.98. The molecule has 4 heterocycles. The van der Waals surface area contributed by atoms with Crippen molar-refractivity contribution in [3.05, 3.63) is 95.6 Å². The Bertz CT molecular complexity index is 1550. The van der Waals surface area contributed by atoms with Crippen LogP contribution >= 0.6 is 11.6 Å². The summed E-state index contributed by atoms with van der Waals surface area (Å²) in [4.78, 5) is 35.0. The number of hydrogen-bond donors (Lipinski definition) is 1. The van der Waals surface area contributed by atoms with E-state index in [2.05, 4.69) is 27.9 Å². The monoisotopic (exact) mass is 496 g/mol. The highest BCUT2D eigenvalue weighted by Gasteiger charge is 2.29. The number of amides is 2. The molecule has 0 bridgehead atoms. The molecule has 4 aromatic rings.